The fraction of sp³-hybridized carbons (Fsp3) is 0.435. The molecule has 144 valence electrons. The molecule has 1 N–H and O–H groups in total. The molecule has 1 saturated carbocycles. The van der Waals surface area contributed by atoms with E-state index >= 15 is 0 Å². The summed E-state index contributed by atoms with van der Waals surface area (Å²) in [5.74, 6) is 1.16. The molecule has 1 aliphatic carbocycles. The Labute approximate surface area is 163 Å². The van der Waals surface area contributed by atoms with Gasteiger partial charge in [0.05, 0.1) is 12.7 Å². The molecule has 0 bridgehead atoms. The zero-order valence-corrected chi connectivity index (χ0v) is 15.9. The molecule has 3 atom stereocenters. The molecule has 1 unspecified atom stereocenters. The van der Waals surface area contributed by atoms with E-state index < -0.39 is 0 Å². The largest absolute Gasteiger partial charge is 0.465 e. The highest BCUT2D eigenvalue weighted by Crippen LogP contribution is 2.40. The second-order valence-corrected chi connectivity index (χ2v) is 7.85. The molecule has 2 aliphatic rings. The van der Waals surface area contributed by atoms with E-state index in [1.165, 1.54) is 31.1 Å². The van der Waals surface area contributed by atoms with Gasteiger partial charge in [0.1, 0.15) is 0 Å². The number of rotatable bonds is 7. The van der Waals surface area contributed by atoms with E-state index in [9.17, 15) is 4.79 Å². The molecule has 27 heavy (non-hydrogen) atoms. The lowest BCUT2D eigenvalue weighted by Crippen LogP contribution is -2.28. The number of hydrogen-bond donors (Lipinski definition) is 1. The first kappa shape index (κ1) is 18.2. The second kappa shape index (κ2) is 8.24. The van der Waals surface area contributed by atoms with Crippen molar-refractivity contribution in [2.24, 2.45) is 5.92 Å². The third-order valence-corrected chi connectivity index (χ3v) is 5.84. The monoisotopic (exact) mass is 366 g/mol. The van der Waals surface area contributed by atoms with Crippen molar-refractivity contribution in [1.29, 1.82) is 0 Å². The lowest BCUT2D eigenvalue weighted by molar-refractivity contribution is 0.0600. The number of hydrogen-bond acceptors (Lipinski definition) is 4. The second-order valence-electron chi connectivity index (χ2n) is 7.85. The van der Waals surface area contributed by atoms with Gasteiger partial charge in [-0.3, -0.25) is 4.90 Å². The first-order chi connectivity index (χ1) is 13.2. The number of likely N-dealkylation sites (tertiary alicyclic amines) is 1. The van der Waals surface area contributed by atoms with Crippen LogP contribution in [0, 0.1) is 5.92 Å². The van der Waals surface area contributed by atoms with E-state index in [1.54, 1.807) is 0 Å². The molecular weight excluding hydrogens is 336 g/mol. The van der Waals surface area contributed by atoms with Crippen LogP contribution in [0.5, 0.6) is 0 Å². The molecule has 2 fully saturated rings. The van der Waals surface area contributed by atoms with Crippen LogP contribution >= 0.6 is 0 Å². The van der Waals surface area contributed by atoms with Crippen LogP contribution in [0.25, 0.3) is 0 Å². The number of ether oxygens (including phenoxy) is 1. The highest BCUT2D eigenvalue weighted by Gasteiger charge is 2.38. The smallest absolute Gasteiger partial charge is 0.337 e. The van der Waals surface area contributed by atoms with Crippen LogP contribution in [0.15, 0.2) is 54.6 Å². The summed E-state index contributed by atoms with van der Waals surface area (Å²) in [6.45, 7) is 4.37. The molecule has 4 heteroatoms. The summed E-state index contributed by atoms with van der Waals surface area (Å²) in [5.41, 5.74) is 3.34. The Hall–Kier alpha value is -2.17. The number of carbonyl (C=O) groups excluding carboxylic acids is 1. The Bertz CT molecular complexity index is 766. The summed E-state index contributed by atoms with van der Waals surface area (Å²) in [6, 6.07) is 19.3. The number of esters is 1. The van der Waals surface area contributed by atoms with Crippen LogP contribution in [0.4, 0.5) is 0 Å². The summed E-state index contributed by atoms with van der Waals surface area (Å²) in [6.07, 6.45) is 2.53. The first-order valence-electron chi connectivity index (χ1n) is 9.91. The van der Waals surface area contributed by atoms with E-state index in [0.29, 0.717) is 17.5 Å². The van der Waals surface area contributed by atoms with E-state index in [-0.39, 0.29) is 7.40 Å². The SMILES string of the molecule is COC(=O)c1ccc(CN2CC[C@H](CN[C@@H]3CC3c3ccccc3)C2)cc1.[HH]. The van der Waals surface area contributed by atoms with Crippen LogP contribution in [0.2, 0.25) is 0 Å². The molecule has 1 heterocycles. The predicted molar refractivity (Wildman–Crippen MR) is 109 cm³/mol. The van der Waals surface area contributed by atoms with E-state index in [4.69, 9.17) is 4.74 Å². The Morgan fingerprint density at radius 2 is 1.96 bits per heavy atom. The number of benzene rings is 2. The number of nitrogens with zero attached hydrogens (tertiary/aromatic N) is 1. The lowest BCUT2D eigenvalue weighted by atomic mass is 10.1. The fourth-order valence-corrected chi connectivity index (χ4v) is 4.15. The minimum atomic E-state index is -0.275. The normalized spacial score (nSPS) is 24.7. The number of methoxy groups -OCH3 is 1. The van der Waals surface area contributed by atoms with Crippen molar-refractivity contribution >= 4 is 5.97 Å². The average Bonchev–Trinajstić information content (AvgIpc) is 3.37. The number of nitrogens with one attached hydrogen (secondary N) is 1. The molecule has 2 aromatic carbocycles. The van der Waals surface area contributed by atoms with Crippen molar-refractivity contribution in [2.45, 2.75) is 31.3 Å². The summed E-state index contributed by atoms with van der Waals surface area (Å²) < 4.78 is 4.75. The molecular formula is C23H30N2O2. The molecule has 0 aromatic heterocycles. The fourth-order valence-electron chi connectivity index (χ4n) is 4.15. The topological polar surface area (TPSA) is 41.6 Å². The maximum Gasteiger partial charge on any atom is 0.337 e. The molecule has 0 amide bonds. The van der Waals surface area contributed by atoms with Gasteiger partial charge in [0.15, 0.2) is 0 Å². The van der Waals surface area contributed by atoms with Crippen molar-refractivity contribution in [3.63, 3.8) is 0 Å². The minimum absolute atomic E-state index is 0. The summed E-state index contributed by atoms with van der Waals surface area (Å²) >= 11 is 0. The molecule has 0 spiro atoms. The van der Waals surface area contributed by atoms with Gasteiger partial charge in [-0.2, -0.15) is 0 Å². The quantitative estimate of drug-likeness (QED) is 0.759. The molecule has 2 aromatic rings. The van der Waals surface area contributed by atoms with Crippen molar-refractivity contribution < 1.29 is 11.0 Å². The van der Waals surface area contributed by atoms with Crippen molar-refractivity contribution in [1.82, 2.24) is 10.2 Å². The van der Waals surface area contributed by atoms with Crippen molar-refractivity contribution in [2.75, 3.05) is 26.7 Å². The van der Waals surface area contributed by atoms with Crippen LogP contribution < -0.4 is 5.32 Å². The summed E-state index contributed by atoms with van der Waals surface area (Å²) in [4.78, 5) is 14.0. The van der Waals surface area contributed by atoms with Crippen LogP contribution in [0.3, 0.4) is 0 Å². The third-order valence-electron chi connectivity index (χ3n) is 5.84. The Kier molecular flexibility index (Phi) is 5.55. The molecule has 4 nitrogen and oxygen atoms in total. The molecule has 4 rings (SSSR count). The van der Waals surface area contributed by atoms with Gasteiger partial charge in [0.2, 0.25) is 0 Å². The Morgan fingerprint density at radius 3 is 2.70 bits per heavy atom. The standard InChI is InChI=1S/C23H28N2O2.H2/c1-27-23(26)20-9-7-17(8-10-20)15-25-12-11-18(16-25)14-24-22-13-21(22)19-5-3-2-4-6-19;/h2-10,18,21-22,24H,11-16H2,1H3;1H/t18-,21?,22-;/m1./s1. The Morgan fingerprint density at radius 1 is 1.19 bits per heavy atom. The van der Waals surface area contributed by atoms with Gasteiger partial charge in [-0.15, -0.1) is 0 Å². The van der Waals surface area contributed by atoms with Gasteiger partial charge in [0, 0.05) is 26.5 Å². The van der Waals surface area contributed by atoms with Crippen LogP contribution in [-0.2, 0) is 11.3 Å². The number of carbonyl (C=O) groups is 1. The predicted octanol–water partition coefficient (Wildman–Crippen LogP) is 3.69. The van der Waals surface area contributed by atoms with Crippen LogP contribution in [-0.4, -0.2) is 43.7 Å². The average molecular weight is 367 g/mol. The van der Waals surface area contributed by atoms with Gasteiger partial charge >= 0.3 is 5.97 Å². The lowest BCUT2D eigenvalue weighted by Gasteiger charge is -2.16. The molecule has 1 saturated heterocycles. The maximum absolute atomic E-state index is 11.5. The van der Waals surface area contributed by atoms with E-state index in [1.807, 2.05) is 24.3 Å². The van der Waals surface area contributed by atoms with Gasteiger partial charge in [0.25, 0.3) is 0 Å². The third kappa shape index (κ3) is 4.57. The summed E-state index contributed by atoms with van der Waals surface area (Å²) in [7, 11) is 1.42. The van der Waals surface area contributed by atoms with Gasteiger partial charge in [-0.1, -0.05) is 42.5 Å². The minimum Gasteiger partial charge on any atom is -0.465 e. The molecule has 0 radical (unpaired) electrons. The highest BCUT2D eigenvalue weighted by molar-refractivity contribution is 5.89. The Balaban J connectivity index is 0.00000225. The van der Waals surface area contributed by atoms with E-state index in [2.05, 4.69) is 40.5 Å². The molecule has 1 aliphatic heterocycles. The summed E-state index contributed by atoms with van der Waals surface area (Å²) in [5, 5.41) is 3.78. The van der Waals surface area contributed by atoms with Gasteiger partial charge in [-0.05, 0) is 55.1 Å². The maximum atomic E-state index is 11.5. The zero-order valence-electron chi connectivity index (χ0n) is 15.9. The van der Waals surface area contributed by atoms with Crippen LogP contribution in [0.1, 0.15) is 41.7 Å². The van der Waals surface area contributed by atoms with Crippen molar-refractivity contribution in [3.05, 3.63) is 71.3 Å². The van der Waals surface area contributed by atoms with Gasteiger partial charge < -0.3 is 10.1 Å². The zero-order chi connectivity index (χ0) is 18.6. The van der Waals surface area contributed by atoms with Gasteiger partial charge in [-0.25, -0.2) is 4.79 Å². The van der Waals surface area contributed by atoms with Crippen molar-refractivity contribution in [3.8, 4) is 0 Å². The first-order valence-corrected chi connectivity index (χ1v) is 9.91. The van der Waals surface area contributed by atoms with E-state index in [0.717, 1.165) is 32.1 Å². The highest BCUT2D eigenvalue weighted by atomic mass is 16.5.